The number of hydrogen-bond acceptors (Lipinski definition) is 6. The second-order valence-electron chi connectivity index (χ2n) is 7.10. The lowest BCUT2D eigenvalue weighted by Crippen LogP contribution is -2.34. The lowest BCUT2D eigenvalue weighted by molar-refractivity contribution is 0.0889. The van der Waals surface area contributed by atoms with E-state index in [-0.39, 0.29) is 30.2 Å². The Hall–Kier alpha value is -2.90. The molecule has 0 spiro atoms. The van der Waals surface area contributed by atoms with Crippen LogP contribution in [0.2, 0.25) is 0 Å². The van der Waals surface area contributed by atoms with Crippen molar-refractivity contribution < 1.29 is 13.7 Å². The van der Waals surface area contributed by atoms with Crippen LogP contribution in [0.5, 0.6) is 0 Å². The van der Waals surface area contributed by atoms with Crippen LogP contribution < -0.4 is 11.1 Å². The van der Waals surface area contributed by atoms with Gasteiger partial charge in [-0.05, 0) is 37.5 Å². The molecule has 1 fully saturated rings. The first-order valence-corrected chi connectivity index (χ1v) is 9.33. The van der Waals surface area contributed by atoms with Crippen LogP contribution in [0.4, 0.5) is 0 Å². The fourth-order valence-electron chi connectivity index (χ4n) is 3.54. The fourth-order valence-corrected chi connectivity index (χ4v) is 3.54. The molecule has 4 rings (SSSR count). The van der Waals surface area contributed by atoms with Crippen LogP contribution in [0, 0.1) is 6.92 Å². The van der Waals surface area contributed by atoms with E-state index < -0.39 is 5.76 Å². The Morgan fingerprint density at radius 3 is 2.81 bits per heavy atom. The van der Waals surface area contributed by atoms with Crippen molar-refractivity contribution in [3.05, 3.63) is 46.0 Å². The first-order chi connectivity index (χ1) is 13.1. The largest absolute Gasteiger partial charge is 0.420 e. The minimum absolute atomic E-state index is 0.0775. The van der Waals surface area contributed by atoms with Crippen molar-refractivity contribution in [2.45, 2.75) is 58.0 Å². The topological polar surface area (TPSA) is 103 Å². The average Bonchev–Trinajstić information content (AvgIpc) is 3.13. The summed E-state index contributed by atoms with van der Waals surface area (Å²) < 4.78 is 11.8. The Morgan fingerprint density at radius 2 is 2.04 bits per heavy atom. The van der Waals surface area contributed by atoms with Gasteiger partial charge in [-0.1, -0.05) is 36.9 Å². The number of nitrogens with one attached hydrogen (secondary N) is 1. The van der Waals surface area contributed by atoms with Crippen LogP contribution in [0.15, 0.2) is 31.9 Å². The summed E-state index contributed by atoms with van der Waals surface area (Å²) in [5, 5.41) is 6.82. The van der Waals surface area contributed by atoms with Gasteiger partial charge in [0.1, 0.15) is 0 Å². The SMILES string of the molecule is Cc1ccc2oc(=O)n(Cc3noc(C(=O)NC4CCCCCC4)n3)c2c1. The number of rotatable bonds is 4. The van der Waals surface area contributed by atoms with E-state index in [1.165, 1.54) is 17.4 Å². The number of hydrogen-bond donors (Lipinski definition) is 1. The lowest BCUT2D eigenvalue weighted by atomic mass is 10.1. The highest BCUT2D eigenvalue weighted by molar-refractivity contribution is 5.89. The Labute approximate surface area is 155 Å². The van der Waals surface area contributed by atoms with E-state index in [9.17, 15) is 9.59 Å². The number of amides is 1. The minimum atomic E-state index is -0.496. The second kappa shape index (κ2) is 7.38. The van der Waals surface area contributed by atoms with Gasteiger partial charge in [-0.3, -0.25) is 9.36 Å². The maximum atomic E-state index is 12.4. The normalized spacial score (nSPS) is 15.7. The summed E-state index contributed by atoms with van der Waals surface area (Å²) in [4.78, 5) is 28.6. The summed E-state index contributed by atoms with van der Waals surface area (Å²) in [7, 11) is 0. The zero-order chi connectivity index (χ0) is 18.8. The molecule has 27 heavy (non-hydrogen) atoms. The van der Waals surface area contributed by atoms with Gasteiger partial charge in [0.25, 0.3) is 0 Å². The molecule has 8 nitrogen and oxygen atoms in total. The van der Waals surface area contributed by atoms with Crippen molar-refractivity contribution in [3.63, 3.8) is 0 Å². The Kier molecular flexibility index (Phi) is 4.79. The van der Waals surface area contributed by atoms with Gasteiger partial charge in [0.15, 0.2) is 11.4 Å². The van der Waals surface area contributed by atoms with Gasteiger partial charge in [-0.25, -0.2) is 4.79 Å². The first-order valence-electron chi connectivity index (χ1n) is 9.33. The number of aryl methyl sites for hydroxylation is 1. The maximum absolute atomic E-state index is 12.4. The van der Waals surface area contributed by atoms with Crippen molar-refractivity contribution in [2.24, 2.45) is 0 Å². The van der Waals surface area contributed by atoms with Crippen molar-refractivity contribution in [3.8, 4) is 0 Å². The summed E-state index contributed by atoms with van der Waals surface area (Å²) in [6.07, 6.45) is 6.62. The smallest absolute Gasteiger partial charge is 0.408 e. The van der Waals surface area contributed by atoms with Gasteiger partial charge in [-0.2, -0.15) is 4.98 Å². The maximum Gasteiger partial charge on any atom is 0.420 e. The number of nitrogens with zero attached hydrogens (tertiary/aromatic N) is 3. The van der Waals surface area contributed by atoms with Crippen LogP contribution in [0.3, 0.4) is 0 Å². The first kappa shape index (κ1) is 17.5. The van der Waals surface area contributed by atoms with Crippen LogP contribution in [0.25, 0.3) is 11.1 Å². The van der Waals surface area contributed by atoms with E-state index in [4.69, 9.17) is 8.94 Å². The number of carbonyl (C=O) groups is 1. The second-order valence-corrected chi connectivity index (χ2v) is 7.10. The molecular weight excluding hydrogens is 348 g/mol. The van der Waals surface area contributed by atoms with Crippen LogP contribution in [-0.2, 0) is 6.54 Å². The third-order valence-corrected chi connectivity index (χ3v) is 4.98. The highest BCUT2D eigenvalue weighted by Gasteiger charge is 2.21. The molecule has 1 saturated carbocycles. The van der Waals surface area contributed by atoms with Gasteiger partial charge >= 0.3 is 17.6 Å². The van der Waals surface area contributed by atoms with Crippen molar-refractivity contribution in [1.29, 1.82) is 0 Å². The molecule has 0 atom stereocenters. The summed E-state index contributed by atoms with van der Waals surface area (Å²) in [6.45, 7) is 2.01. The molecule has 0 unspecified atom stereocenters. The lowest BCUT2D eigenvalue weighted by Gasteiger charge is -2.14. The van der Waals surface area contributed by atoms with Crippen LogP contribution in [0.1, 0.15) is 60.6 Å². The molecule has 0 aliphatic heterocycles. The molecule has 2 heterocycles. The summed E-state index contributed by atoms with van der Waals surface area (Å²) in [5.41, 5.74) is 2.17. The molecule has 3 aromatic rings. The molecule has 1 aliphatic carbocycles. The summed E-state index contributed by atoms with van der Waals surface area (Å²) >= 11 is 0. The molecule has 1 aliphatic rings. The molecule has 0 bridgehead atoms. The molecule has 2 aromatic heterocycles. The molecule has 142 valence electrons. The summed E-state index contributed by atoms with van der Waals surface area (Å²) in [6, 6.07) is 5.64. The number of carbonyl (C=O) groups excluding carboxylic acids is 1. The van der Waals surface area contributed by atoms with Crippen LogP contribution in [-0.4, -0.2) is 26.7 Å². The molecule has 1 amide bonds. The van der Waals surface area contributed by atoms with Crippen molar-refractivity contribution >= 4 is 17.0 Å². The Morgan fingerprint density at radius 1 is 1.26 bits per heavy atom. The molecule has 0 radical (unpaired) electrons. The van der Waals surface area contributed by atoms with Gasteiger partial charge in [0, 0.05) is 6.04 Å². The zero-order valence-electron chi connectivity index (χ0n) is 15.2. The Balaban J connectivity index is 1.50. The molecule has 8 heteroatoms. The van der Waals surface area contributed by atoms with Gasteiger partial charge < -0.3 is 14.3 Å². The average molecular weight is 370 g/mol. The molecular formula is C19H22N4O4. The minimum Gasteiger partial charge on any atom is -0.408 e. The van der Waals surface area contributed by atoms with Crippen molar-refractivity contribution in [2.75, 3.05) is 0 Å². The van der Waals surface area contributed by atoms with E-state index in [0.717, 1.165) is 31.2 Å². The highest BCUT2D eigenvalue weighted by atomic mass is 16.5. The molecule has 1 aromatic carbocycles. The van der Waals surface area contributed by atoms with Crippen LogP contribution >= 0.6 is 0 Å². The third-order valence-electron chi connectivity index (χ3n) is 4.98. The van der Waals surface area contributed by atoms with Crippen molar-refractivity contribution in [1.82, 2.24) is 20.0 Å². The quantitative estimate of drug-likeness (QED) is 0.708. The number of oxazole rings is 1. The van der Waals surface area contributed by atoms with Gasteiger partial charge in [0.05, 0.1) is 12.1 Å². The van der Waals surface area contributed by atoms with Gasteiger partial charge in [0.2, 0.25) is 0 Å². The number of benzene rings is 1. The van der Waals surface area contributed by atoms with E-state index >= 15 is 0 Å². The predicted molar refractivity (Wildman–Crippen MR) is 97.6 cm³/mol. The van der Waals surface area contributed by atoms with E-state index in [2.05, 4.69) is 15.5 Å². The monoisotopic (exact) mass is 370 g/mol. The zero-order valence-corrected chi connectivity index (χ0v) is 15.2. The predicted octanol–water partition coefficient (Wildman–Crippen LogP) is 2.79. The highest BCUT2D eigenvalue weighted by Crippen LogP contribution is 2.18. The molecule has 1 N–H and O–H groups in total. The van der Waals surface area contributed by atoms with E-state index in [1.54, 1.807) is 6.07 Å². The standard InChI is InChI=1S/C19H22N4O4/c1-12-8-9-15-14(10-12)23(19(25)26-15)11-16-21-18(27-22-16)17(24)20-13-6-4-2-3-5-7-13/h8-10,13H,2-7,11H2,1H3,(H,20,24). The number of fused-ring (bicyclic) bond motifs is 1. The van der Waals surface area contributed by atoms with Gasteiger partial charge in [-0.15, -0.1) is 0 Å². The molecule has 0 saturated heterocycles. The third kappa shape index (κ3) is 3.79. The Bertz CT molecular complexity index is 1010. The summed E-state index contributed by atoms with van der Waals surface area (Å²) in [5.74, 6) is -0.677. The van der Waals surface area contributed by atoms with E-state index in [1.807, 2.05) is 19.1 Å². The van der Waals surface area contributed by atoms with E-state index in [0.29, 0.717) is 11.1 Å². The fraction of sp³-hybridized carbons (Fsp3) is 0.474. The number of aromatic nitrogens is 3.